The highest BCUT2D eigenvalue weighted by atomic mass is 32.2. The van der Waals surface area contributed by atoms with E-state index in [0.29, 0.717) is 0 Å². The van der Waals surface area contributed by atoms with Crippen molar-refractivity contribution in [2.75, 3.05) is 0 Å². The standard InChI is InChI=1S/C11H6O4S/c12-11-9-5-7-3-1-2-4-8(7)6-10(9)16(13,14)15-11/h1-6H. The Morgan fingerprint density at radius 1 is 1.00 bits per heavy atom. The molecule has 0 unspecified atom stereocenters. The summed E-state index contributed by atoms with van der Waals surface area (Å²) < 4.78 is 27.3. The van der Waals surface area contributed by atoms with Crippen molar-refractivity contribution >= 4 is 26.9 Å². The second kappa shape index (κ2) is 2.82. The van der Waals surface area contributed by atoms with Gasteiger partial charge in [-0.2, -0.15) is 8.42 Å². The Morgan fingerprint density at radius 2 is 1.62 bits per heavy atom. The van der Waals surface area contributed by atoms with Crippen molar-refractivity contribution in [1.82, 2.24) is 0 Å². The van der Waals surface area contributed by atoms with Crippen molar-refractivity contribution < 1.29 is 17.4 Å². The van der Waals surface area contributed by atoms with E-state index in [1.165, 1.54) is 12.1 Å². The number of hydrogen-bond acceptors (Lipinski definition) is 4. The number of fused-ring (bicyclic) bond motifs is 2. The molecule has 1 aliphatic heterocycles. The second-order valence-corrected chi connectivity index (χ2v) is 5.04. The van der Waals surface area contributed by atoms with Crippen LogP contribution in [-0.2, 0) is 14.3 Å². The Kier molecular flexibility index (Phi) is 1.65. The third-order valence-corrected chi connectivity index (χ3v) is 3.77. The summed E-state index contributed by atoms with van der Waals surface area (Å²) in [5, 5.41) is 1.58. The number of rotatable bonds is 0. The lowest BCUT2D eigenvalue weighted by molar-refractivity contribution is 0.0763. The minimum Gasteiger partial charge on any atom is -0.338 e. The van der Waals surface area contributed by atoms with E-state index in [2.05, 4.69) is 4.18 Å². The van der Waals surface area contributed by atoms with Crippen LogP contribution in [0.3, 0.4) is 0 Å². The van der Waals surface area contributed by atoms with Gasteiger partial charge in [0.25, 0.3) is 0 Å². The fourth-order valence-electron chi connectivity index (χ4n) is 1.78. The van der Waals surface area contributed by atoms with E-state index in [1.54, 1.807) is 12.1 Å². The summed E-state index contributed by atoms with van der Waals surface area (Å²) in [4.78, 5) is 11.3. The molecular formula is C11H6O4S. The van der Waals surface area contributed by atoms with Gasteiger partial charge in [0.2, 0.25) is 0 Å². The molecule has 0 spiro atoms. The number of carbonyl (C=O) groups excluding carboxylic acids is 1. The highest BCUT2D eigenvalue weighted by Gasteiger charge is 2.35. The predicted molar refractivity (Wildman–Crippen MR) is 56.5 cm³/mol. The van der Waals surface area contributed by atoms with Gasteiger partial charge in [-0.05, 0) is 22.9 Å². The third kappa shape index (κ3) is 1.15. The number of benzene rings is 2. The van der Waals surface area contributed by atoms with Gasteiger partial charge in [0, 0.05) is 0 Å². The normalized spacial score (nSPS) is 17.1. The van der Waals surface area contributed by atoms with Crippen LogP contribution in [-0.4, -0.2) is 14.4 Å². The SMILES string of the molecule is O=C1OS(=O)(=O)c2cc3ccccc3cc21. The molecule has 0 aliphatic carbocycles. The first-order chi connectivity index (χ1) is 7.58. The Balaban J connectivity index is 2.47. The topological polar surface area (TPSA) is 60.4 Å². The molecular weight excluding hydrogens is 228 g/mol. The molecule has 3 rings (SSSR count). The average molecular weight is 234 g/mol. The fraction of sp³-hybridized carbons (Fsp3) is 0. The van der Waals surface area contributed by atoms with Gasteiger partial charge in [0.15, 0.2) is 0 Å². The van der Waals surface area contributed by atoms with Crippen molar-refractivity contribution in [3.05, 3.63) is 42.0 Å². The fourth-order valence-corrected chi connectivity index (χ4v) is 2.84. The highest BCUT2D eigenvalue weighted by Crippen LogP contribution is 2.31. The van der Waals surface area contributed by atoms with E-state index in [-0.39, 0.29) is 10.5 Å². The van der Waals surface area contributed by atoms with Crippen LogP contribution in [0, 0.1) is 0 Å². The predicted octanol–water partition coefficient (Wildman–Crippen LogP) is 1.70. The minimum atomic E-state index is -3.90. The zero-order chi connectivity index (χ0) is 11.3. The van der Waals surface area contributed by atoms with Gasteiger partial charge >= 0.3 is 16.1 Å². The highest BCUT2D eigenvalue weighted by molar-refractivity contribution is 7.87. The lowest BCUT2D eigenvalue weighted by Crippen LogP contribution is -1.99. The van der Waals surface area contributed by atoms with Crippen molar-refractivity contribution in [3.8, 4) is 0 Å². The molecule has 0 amide bonds. The summed E-state index contributed by atoms with van der Waals surface area (Å²) in [6, 6.07) is 10.2. The van der Waals surface area contributed by atoms with Crippen LogP contribution < -0.4 is 0 Å². The summed E-state index contributed by atoms with van der Waals surface area (Å²) >= 11 is 0. The first-order valence-electron chi connectivity index (χ1n) is 4.59. The molecule has 0 aromatic heterocycles. The van der Waals surface area contributed by atoms with Gasteiger partial charge in [-0.25, -0.2) is 4.79 Å². The molecule has 0 fully saturated rings. The van der Waals surface area contributed by atoms with Crippen LogP contribution in [0.25, 0.3) is 10.8 Å². The third-order valence-electron chi connectivity index (χ3n) is 2.52. The molecule has 80 valence electrons. The van der Waals surface area contributed by atoms with E-state index in [1.807, 2.05) is 12.1 Å². The molecule has 1 heterocycles. The molecule has 2 aromatic rings. The molecule has 1 aliphatic rings. The van der Waals surface area contributed by atoms with Crippen LogP contribution >= 0.6 is 0 Å². The van der Waals surface area contributed by atoms with Crippen LogP contribution in [0.15, 0.2) is 41.3 Å². The molecule has 0 N–H and O–H groups in total. The maximum Gasteiger partial charge on any atom is 0.355 e. The largest absolute Gasteiger partial charge is 0.355 e. The van der Waals surface area contributed by atoms with Gasteiger partial charge in [0.1, 0.15) is 4.90 Å². The molecule has 2 aromatic carbocycles. The first kappa shape index (κ1) is 9.35. The Bertz CT molecular complexity index is 716. The molecule has 4 nitrogen and oxygen atoms in total. The maximum atomic E-state index is 11.5. The Hall–Kier alpha value is -1.88. The lowest BCUT2D eigenvalue weighted by Gasteiger charge is -1.98. The lowest BCUT2D eigenvalue weighted by atomic mass is 10.1. The minimum absolute atomic E-state index is 0.0452. The Labute approximate surface area is 91.6 Å². The summed E-state index contributed by atoms with van der Waals surface area (Å²) in [5.74, 6) is -0.805. The molecule has 0 bridgehead atoms. The average Bonchev–Trinajstić information content (AvgIpc) is 2.47. The van der Waals surface area contributed by atoms with Crippen LogP contribution in [0.1, 0.15) is 10.4 Å². The summed E-state index contributed by atoms with van der Waals surface area (Å²) in [6.07, 6.45) is 0. The molecule has 16 heavy (non-hydrogen) atoms. The second-order valence-electron chi connectivity index (χ2n) is 3.52. The van der Waals surface area contributed by atoms with Gasteiger partial charge in [0.05, 0.1) is 5.56 Å². The quantitative estimate of drug-likeness (QED) is 0.651. The van der Waals surface area contributed by atoms with E-state index in [0.717, 1.165) is 10.8 Å². The van der Waals surface area contributed by atoms with Crippen molar-refractivity contribution in [2.45, 2.75) is 4.90 Å². The number of carbonyl (C=O) groups is 1. The van der Waals surface area contributed by atoms with Crippen LogP contribution in [0.2, 0.25) is 0 Å². The van der Waals surface area contributed by atoms with Gasteiger partial charge < -0.3 is 4.18 Å². The Morgan fingerprint density at radius 3 is 2.31 bits per heavy atom. The van der Waals surface area contributed by atoms with Crippen molar-refractivity contribution in [2.24, 2.45) is 0 Å². The summed E-state index contributed by atoms with van der Waals surface area (Å²) in [6.45, 7) is 0. The molecule has 0 radical (unpaired) electrons. The zero-order valence-electron chi connectivity index (χ0n) is 8.01. The molecule has 0 saturated heterocycles. The van der Waals surface area contributed by atoms with Gasteiger partial charge in [-0.3, -0.25) is 0 Å². The van der Waals surface area contributed by atoms with Crippen LogP contribution in [0.5, 0.6) is 0 Å². The molecule has 0 saturated carbocycles. The molecule has 5 heteroatoms. The van der Waals surface area contributed by atoms with E-state index in [4.69, 9.17) is 0 Å². The van der Waals surface area contributed by atoms with E-state index >= 15 is 0 Å². The van der Waals surface area contributed by atoms with E-state index < -0.39 is 16.1 Å². The zero-order valence-corrected chi connectivity index (χ0v) is 8.82. The number of hydrogen-bond donors (Lipinski definition) is 0. The summed E-state index contributed by atoms with van der Waals surface area (Å²) in [5.41, 5.74) is 0.110. The monoisotopic (exact) mass is 234 g/mol. The van der Waals surface area contributed by atoms with Crippen molar-refractivity contribution in [3.63, 3.8) is 0 Å². The van der Waals surface area contributed by atoms with Crippen LogP contribution in [0.4, 0.5) is 0 Å². The van der Waals surface area contributed by atoms with E-state index in [9.17, 15) is 13.2 Å². The van der Waals surface area contributed by atoms with Crippen molar-refractivity contribution in [1.29, 1.82) is 0 Å². The molecule has 0 atom stereocenters. The van der Waals surface area contributed by atoms with Gasteiger partial charge in [-0.15, -0.1) is 0 Å². The maximum absolute atomic E-state index is 11.5. The smallest absolute Gasteiger partial charge is 0.338 e. The first-order valence-corrected chi connectivity index (χ1v) is 6.00. The summed E-state index contributed by atoms with van der Waals surface area (Å²) in [7, 11) is -3.90. The van der Waals surface area contributed by atoms with Gasteiger partial charge in [-0.1, -0.05) is 24.3 Å².